The second kappa shape index (κ2) is 4.21. The molecule has 0 radical (unpaired) electrons. The van der Waals surface area contributed by atoms with Crippen molar-refractivity contribution in [2.45, 2.75) is 0 Å². The van der Waals surface area contributed by atoms with Gasteiger partial charge in [-0.1, -0.05) is 15.9 Å². The number of phenols is 1. The maximum Gasteiger partial charge on any atom is 0.296 e. The number of nitrogens with zero attached hydrogens (tertiary/aromatic N) is 2. The highest BCUT2D eigenvalue weighted by atomic mass is 79.9. The molecule has 5 nitrogen and oxygen atoms in total. The second-order valence-corrected chi connectivity index (χ2v) is 4.42. The Morgan fingerprint density at radius 2 is 2.24 bits per heavy atom. The van der Waals surface area contributed by atoms with E-state index in [-0.39, 0.29) is 17.6 Å². The lowest BCUT2D eigenvalue weighted by Gasteiger charge is -2.11. The Bertz CT molecular complexity index is 552. The number of aliphatic imine (C=N–C) groups is 1. The number of halogens is 1. The van der Waals surface area contributed by atoms with Crippen molar-refractivity contribution in [2.24, 2.45) is 10.7 Å². The molecular weight excluding hydrogens is 286 g/mol. The van der Waals surface area contributed by atoms with Gasteiger partial charge >= 0.3 is 0 Å². The lowest BCUT2D eigenvalue weighted by molar-refractivity contribution is -0.114. The van der Waals surface area contributed by atoms with Crippen molar-refractivity contribution in [3.63, 3.8) is 0 Å². The summed E-state index contributed by atoms with van der Waals surface area (Å²) in [5, 5.41) is 9.39. The third-order valence-electron chi connectivity index (χ3n) is 2.41. The van der Waals surface area contributed by atoms with Gasteiger partial charge in [0.15, 0.2) is 0 Å². The summed E-state index contributed by atoms with van der Waals surface area (Å²) in [5.41, 5.74) is 6.59. The fraction of sp³-hybridized carbons (Fsp3) is 0.0909. The summed E-state index contributed by atoms with van der Waals surface area (Å²) in [7, 11) is 1.66. The van der Waals surface area contributed by atoms with Gasteiger partial charge in [0.05, 0.1) is 0 Å². The minimum Gasteiger partial charge on any atom is -0.508 e. The van der Waals surface area contributed by atoms with Crippen molar-refractivity contribution in [3.05, 3.63) is 33.9 Å². The molecule has 2 rings (SSSR count). The average molecular weight is 296 g/mol. The molecule has 1 aromatic rings. The van der Waals surface area contributed by atoms with Gasteiger partial charge in [0.25, 0.3) is 5.91 Å². The Morgan fingerprint density at radius 1 is 1.53 bits per heavy atom. The molecule has 1 amide bonds. The maximum absolute atomic E-state index is 11.5. The van der Waals surface area contributed by atoms with Crippen LogP contribution >= 0.6 is 15.9 Å². The molecule has 1 aliphatic heterocycles. The third kappa shape index (κ3) is 2.16. The van der Waals surface area contributed by atoms with Crippen LogP contribution in [0.3, 0.4) is 0 Å². The molecule has 88 valence electrons. The summed E-state index contributed by atoms with van der Waals surface area (Å²) in [6, 6.07) is 4.80. The van der Waals surface area contributed by atoms with Crippen molar-refractivity contribution in [3.8, 4) is 5.75 Å². The number of hydrogen-bond donors (Lipinski definition) is 2. The Labute approximate surface area is 106 Å². The number of aromatic hydroxyl groups is 1. The molecule has 17 heavy (non-hydrogen) atoms. The second-order valence-electron chi connectivity index (χ2n) is 3.57. The summed E-state index contributed by atoms with van der Waals surface area (Å²) in [4.78, 5) is 16.7. The van der Waals surface area contributed by atoms with Gasteiger partial charge in [-0.2, -0.15) is 4.99 Å². The third-order valence-corrected chi connectivity index (χ3v) is 3.13. The Balaban J connectivity index is 2.44. The molecule has 1 aromatic carbocycles. The van der Waals surface area contributed by atoms with E-state index in [1.54, 1.807) is 31.3 Å². The fourth-order valence-corrected chi connectivity index (χ4v) is 1.81. The lowest BCUT2D eigenvalue weighted by Crippen LogP contribution is -2.28. The predicted octanol–water partition coefficient (Wildman–Crippen LogP) is 1.28. The van der Waals surface area contributed by atoms with Crippen molar-refractivity contribution in [1.29, 1.82) is 0 Å². The molecule has 0 atom stereocenters. The van der Waals surface area contributed by atoms with Crippen LogP contribution < -0.4 is 5.73 Å². The molecule has 0 saturated carbocycles. The van der Waals surface area contributed by atoms with Gasteiger partial charge in [-0.25, -0.2) is 0 Å². The Hall–Kier alpha value is -1.82. The first kappa shape index (κ1) is 11.7. The molecule has 6 heteroatoms. The van der Waals surface area contributed by atoms with Crippen molar-refractivity contribution >= 4 is 33.9 Å². The molecule has 0 aliphatic carbocycles. The molecule has 1 heterocycles. The zero-order valence-corrected chi connectivity index (χ0v) is 10.6. The average Bonchev–Trinajstić information content (AvgIpc) is 2.50. The van der Waals surface area contributed by atoms with E-state index in [0.29, 0.717) is 11.3 Å². The van der Waals surface area contributed by atoms with E-state index in [4.69, 9.17) is 5.73 Å². The monoisotopic (exact) mass is 295 g/mol. The van der Waals surface area contributed by atoms with Crippen molar-refractivity contribution in [1.82, 2.24) is 4.90 Å². The van der Waals surface area contributed by atoms with E-state index in [1.807, 2.05) is 0 Å². The Kier molecular flexibility index (Phi) is 2.89. The van der Waals surface area contributed by atoms with E-state index in [9.17, 15) is 9.90 Å². The number of likely N-dealkylation sites (N-methyl/N-ethyl adjacent to an activating group) is 1. The number of carbonyl (C=O) groups excluding carboxylic acids is 1. The van der Waals surface area contributed by atoms with Crippen molar-refractivity contribution < 1.29 is 9.90 Å². The highest BCUT2D eigenvalue weighted by Gasteiger charge is 2.24. The number of hydrogen-bond acceptors (Lipinski definition) is 4. The summed E-state index contributed by atoms with van der Waals surface area (Å²) in [6.45, 7) is 0. The first-order valence-electron chi connectivity index (χ1n) is 4.81. The first-order valence-corrected chi connectivity index (χ1v) is 5.61. The van der Waals surface area contributed by atoms with Crippen LogP contribution in [0.1, 0.15) is 5.56 Å². The number of rotatable bonds is 1. The van der Waals surface area contributed by atoms with Crippen LogP contribution in [-0.2, 0) is 4.79 Å². The highest BCUT2D eigenvalue weighted by molar-refractivity contribution is 9.10. The number of phenolic OH excluding ortho intramolecular Hbond substituents is 1. The first-order chi connectivity index (χ1) is 7.99. The normalized spacial score (nSPS) is 17.8. The predicted molar refractivity (Wildman–Crippen MR) is 68.2 cm³/mol. The van der Waals surface area contributed by atoms with Crippen molar-refractivity contribution in [2.75, 3.05) is 7.05 Å². The van der Waals surface area contributed by atoms with E-state index in [0.717, 1.165) is 4.47 Å². The highest BCUT2D eigenvalue weighted by Crippen LogP contribution is 2.25. The zero-order chi connectivity index (χ0) is 12.6. The zero-order valence-electron chi connectivity index (χ0n) is 9.01. The number of carbonyl (C=O) groups is 1. The molecular formula is C11H10BrN3O2. The van der Waals surface area contributed by atoms with Crippen LogP contribution in [0.15, 0.2) is 33.4 Å². The number of guanidine groups is 1. The molecule has 0 bridgehead atoms. The van der Waals surface area contributed by atoms with Gasteiger partial charge in [-0.3, -0.25) is 4.79 Å². The van der Waals surface area contributed by atoms with Gasteiger partial charge in [0, 0.05) is 11.5 Å². The van der Waals surface area contributed by atoms with Crippen LogP contribution in [-0.4, -0.2) is 28.9 Å². The van der Waals surface area contributed by atoms with Crippen LogP contribution in [0.2, 0.25) is 0 Å². The van der Waals surface area contributed by atoms with E-state index >= 15 is 0 Å². The molecule has 0 fully saturated rings. The minimum absolute atomic E-state index is 0.127. The molecule has 0 unspecified atom stereocenters. The standard InChI is InChI=1S/C11H10BrN3O2/c1-15-9(10(17)14-11(15)13)5-6-4-7(16)2-3-8(6)12/h2-5,16H,1H3,(H2,13,14,17)/b9-5-. The van der Waals surface area contributed by atoms with Gasteiger partial charge in [-0.05, 0) is 29.8 Å². The largest absolute Gasteiger partial charge is 0.508 e. The van der Waals surface area contributed by atoms with E-state index in [1.165, 1.54) is 4.90 Å². The topological polar surface area (TPSA) is 78.9 Å². The quantitative estimate of drug-likeness (QED) is 0.765. The number of amides is 1. The van der Waals surface area contributed by atoms with Crippen LogP contribution in [0.25, 0.3) is 6.08 Å². The number of nitrogens with two attached hydrogens (primary N) is 1. The van der Waals surface area contributed by atoms with E-state index in [2.05, 4.69) is 20.9 Å². The summed E-state index contributed by atoms with van der Waals surface area (Å²) in [6.07, 6.45) is 1.62. The summed E-state index contributed by atoms with van der Waals surface area (Å²) < 4.78 is 0.773. The van der Waals surface area contributed by atoms with Crippen LogP contribution in [0.5, 0.6) is 5.75 Å². The van der Waals surface area contributed by atoms with Gasteiger partial charge in [0.1, 0.15) is 11.4 Å². The summed E-state index contributed by atoms with van der Waals surface area (Å²) >= 11 is 3.34. The molecule has 3 N–H and O–H groups in total. The molecule has 0 spiro atoms. The van der Waals surface area contributed by atoms with Crippen LogP contribution in [0.4, 0.5) is 0 Å². The molecule has 0 saturated heterocycles. The molecule has 1 aliphatic rings. The molecule has 0 aromatic heterocycles. The lowest BCUT2D eigenvalue weighted by atomic mass is 10.1. The van der Waals surface area contributed by atoms with E-state index < -0.39 is 0 Å². The minimum atomic E-state index is -0.389. The number of benzene rings is 1. The SMILES string of the molecule is CN1C(N)=NC(=O)/C1=C/c1cc(O)ccc1Br. The maximum atomic E-state index is 11.5. The fourth-order valence-electron chi connectivity index (χ4n) is 1.45. The summed E-state index contributed by atoms with van der Waals surface area (Å²) in [5.74, 6) is -0.0974. The van der Waals surface area contributed by atoms with Crippen LogP contribution in [0, 0.1) is 0 Å². The Morgan fingerprint density at radius 3 is 2.82 bits per heavy atom. The van der Waals surface area contributed by atoms with Gasteiger partial charge < -0.3 is 15.7 Å². The van der Waals surface area contributed by atoms with Gasteiger partial charge in [-0.15, -0.1) is 0 Å². The van der Waals surface area contributed by atoms with Gasteiger partial charge in [0.2, 0.25) is 5.96 Å². The smallest absolute Gasteiger partial charge is 0.296 e.